The van der Waals surface area contributed by atoms with Crippen LogP contribution in [0.15, 0.2) is 49.1 Å². The van der Waals surface area contributed by atoms with Crippen LogP contribution in [0.2, 0.25) is 0 Å². The van der Waals surface area contributed by atoms with Gasteiger partial charge in [0.1, 0.15) is 12.4 Å². The van der Waals surface area contributed by atoms with E-state index in [2.05, 4.69) is 39.2 Å². The molecule has 170 valence electrons. The first-order valence-electron chi connectivity index (χ1n) is 10.0. The Morgan fingerprint density at radius 2 is 1.88 bits per heavy atom. The van der Waals surface area contributed by atoms with Crippen molar-refractivity contribution in [2.24, 2.45) is 0 Å². The Hall–Kier alpha value is -3.95. The number of carbonyl (C=O) groups is 3. The van der Waals surface area contributed by atoms with Gasteiger partial charge in [-0.2, -0.15) is 0 Å². The fraction of sp³-hybridized carbons (Fsp3) is 0.318. The largest absolute Gasteiger partial charge is 0.483 e. The SMILES string of the molecule is Cc1nccn1CC(=O)N1Cc2[nH]cnc2C(CCc2ccccc2)C1.O=CO.O=CO. The molecule has 1 unspecified atom stereocenters. The van der Waals surface area contributed by atoms with Crippen LogP contribution < -0.4 is 0 Å². The molecule has 3 N–H and O–H groups in total. The van der Waals surface area contributed by atoms with Gasteiger partial charge in [0.15, 0.2) is 0 Å². The fourth-order valence-electron chi connectivity index (χ4n) is 3.64. The van der Waals surface area contributed by atoms with Gasteiger partial charge in [-0.05, 0) is 25.3 Å². The highest BCUT2D eigenvalue weighted by Gasteiger charge is 2.30. The summed E-state index contributed by atoms with van der Waals surface area (Å²) in [7, 11) is 0. The third-order valence-electron chi connectivity index (χ3n) is 5.13. The van der Waals surface area contributed by atoms with Gasteiger partial charge in [0.25, 0.3) is 12.9 Å². The number of rotatable bonds is 5. The van der Waals surface area contributed by atoms with Gasteiger partial charge in [-0.3, -0.25) is 14.4 Å². The summed E-state index contributed by atoms with van der Waals surface area (Å²) in [6.45, 7) is 3.07. The van der Waals surface area contributed by atoms with E-state index >= 15 is 0 Å². The molecule has 10 nitrogen and oxygen atoms in total. The Bertz CT molecular complexity index is 980. The molecule has 1 atom stereocenters. The maximum Gasteiger partial charge on any atom is 0.290 e. The van der Waals surface area contributed by atoms with Crippen molar-refractivity contribution in [3.63, 3.8) is 0 Å². The lowest BCUT2D eigenvalue weighted by atomic mass is 9.92. The second kappa shape index (κ2) is 12.7. The molecule has 0 aliphatic carbocycles. The number of H-pyrrole nitrogens is 1. The summed E-state index contributed by atoms with van der Waals surface area (Å²) < 4.78 is 1.89. The van der Waals surface area contributed by atoms with Crippen LogP contribution in [0.4, 0.5) is 0 Å². The van der Waals surface area contributed by atoms with Crippen LogP contribution in [-0.2, 0) is 33.9 Å². The highest BCUT2D eigenvalue weighted by molar-refractivity contribution is 5.76. The van der Waals surface area contributed by atoms with Gasteiger partial charge in [-0.1, -0.05) is 30.3 Å². The van der Waals surface area contributed by atoms with Crippen molar-refractivity contribution in [1.29, 1.82) is 0 Å². The molecule has 0 saturated heterocycles. The van der Waals surface area contributed by atoms with E-state index in [1.165, 1.54) is 5.56 Å². The molecule has 0 spiro atoms. The van der Waals surface area contributed by atoms with Gasteiger partial charge in [-0.15, -0.1) is 0 Å². The van der Waals surface area contributed by atoms with Crippen LogP contribution >= 0.6 is 0 Å². The summed E-state index contributed by atoms with van der Waals surface area (Å²) in [4.78, 5) is 43.4. The maximum absolute atomic E-state index is 12.8. The first-order valence-corrected chi connectivity index (χ1v) is 10.0. The number of carbonyl (C=O) groups excluding carboxylic acids is 1. The normalized spacial score (nSPS) is 14.2. The molecule has 3 aromatic rings. The van der Waals surface area contributed by atoms with E-state index in [0.717, 1.165) is 36.6 Å². The minimum Gasteiger partial charge on any atom is -0.483 e. The standard InChI is InChI=1S/C20H23N5O.2CH2O2/c1-15-21-9-10-24(15)13-19(26)25-11-17(20-18(12-25)22-14-23-20)8-7-16-5-3-2-4-6-16;2*2-1-3/h2-6,9-10,14,17H,7-8,11-13H2,1H3,(H,22,23);2*1H,(H,2,3). The Morgan fingerprint density at radius 3 is 2.50 bits per heavy atom. The summed E-state index contributed by atoms with van der Waals surface area (Å²) in [5, 5.41) is 13.8. The average molecular weight is 441 g/mol. The number of hydrogen-bond donors (Lipinski definition) is 3. The number of aryl methyl sites for hydroxylation is 2. The Kier molecular flexibility index (Phi) is 9.64. The lowest BCUT2D eigenvalue weighted by Gasteiger charge is -2.32. The zero-order chi connectivity index (χ0) is 23.3. The van der Waals surface area contributed by atoms with Crippen molar-refractivity contribution < 1.29 is 24.6 Å². The first kappa shape index (κ1) is 24.3. The lowest BCUT2D eigenvalue weighted by molar-refractivity contribution is -0.133. The summed E-state index contributed by atoms with van der Waals surface area (Å²) >= 11 is 0. The first-order chi connectivity index (χ1) is 15.5. The monoisotopic (exact) mass is 441 g/mol. The molecule has 3 heterocycles. The smallest absolute Gasteiger partial charge is 0.290 e. The second-order valence-corrected chi connectivity index (χ2v) is 7.07. The van der Waals surface area contributed by atoms with Crippen LogP contribution in [-0.4, -0.2) is 60.0 Å². The highest BCUT2D eigenvalue weighted by Crippen LogP contribution is 2.29. The van der Waals surface area contributed by atoms with E-state index in [1.807, 2.05) is 28.7 Å². The molecule has 1 aliphatic heterocycles. The van der Waals surface area contributed by atoms with Crippen molar-refractivity contribution in [2.45, 2.75) is 38.8 Å². The zero-order valence-electron chi connectivity index (χ0n) is 17.8. The highest BCUT2D eigenvalue weighted by atomic mass is 16.3. The molecule has 2 aromatic heterocycles. The predicted octanol–water partition coefficient (Wildman–Crippen LogP) is 2.08. The van der Waals surface area contributed by atoms with Crippen molar-refractivity contribution in [2.75, 3.05) is 6.54 Å². The van der Waals surface area contributed by atoms with Gasteiger partial charge in [0.2, 0.25) is 5.91 Å². The Balaban J connectivity index is 0.000000547. The summed E-state index contributed by atoms with van der Waals surface area (Å²) in [6, 6.07) is 10.5. The molecular formula is C22H27N5O5. The van der Waals surface area contributed by atoms with Gasteiger partial charge >= 0.3 is 0 Å². The minimum atomic E-state index is -0.250. The molecule has 1 amide bonds. The minimum absolute atomic E-state index is 0.121. The molecule has 0 saturated carbocycles. The summed E-state index contributed by atoms with van der Waals surface area (Å²) in [6.07, 6.45) is 7.30. The quantitative estimate of drug-likeness (QED) is 0.515. The number of amides is 1. The third-order valence-corrected chi connectivity index (χ3v) is 5.13. The van der Waals surface area contributed by atoms with E-state index in [0.29, 0.717) is 13.1 Å². The van der Waals surface area contributed by atoms with Crippen LogP contribution in [0.5, 0.6) is 0 Å². The fourth-order valence-corrected chi connectivity index (χ4v) is 3.64. The van der Waals surface area contributed by atoms with E-state index in [9.17, 15) is 4.79 Å². The van der Waals surface area contributed by atoms with E-state index in [-0.39, 0.29) is 24.8 Å². The van der Waals surface area contributed by atoms with Crippen molar-refractivity contribution >= 4 is 18.9 Å². The summed E-state index contributed by atoms with van der Waals surface area (Å²) in [5.41, 5.74) is 3.50. The molecule has 1 aliphatic rings. The van der Waals surface area contributed by atoms with Gasteiger partial charge in [0.05, 0.1) is 24.3 Å². The molecule has 0 fully saturated rings. The average Bonchev–Trinajstić information content (AvgIpc) is 3.43. The second-order valence-electron chi connectivity index (χ2n) is 7.07. The molecule has 0 bridgehead atoms. The van der Waals surface area contributed by atoms with Gasteiger partial charge in [0, 0.05) is 24.9 Å². The number of benzene rings is 1. The van der Waals surface area contributed by atoms with Gasteiger partial charge in [-0.25, -0.2) is 9.97 Å². The number of nitrogens with zero attached hydrogens (tertiary/aromatic N) is 4. The number of fused-ring (bicyclic) bond motifs is 1. The number of carboxylic acid groups (broad SMARTS) is 2. The number of nitrogens with one attached hydrogen (secondary N) is 1. The van der Waals surface area contributed by atoms with E-state index in [4.69, 9.17) is 19.8 Å². The van der Waals surface area contributed by atoms with Crippen LogP contribution in [0.1, 0.15) is 35.1 Å². The molecule has 10 heteroatoms. The lowest BCUT2D eigenvalue weighted by Crippen LogP contribution is -2.40. The van der Waals surface area contributed by atoms with Crippen molar-refractivity contribution in [3.8, 4) is 0 Å². The molecular weight excluding hydrogens is 414 g/mol. The van der Waals surface area contributed by atoms with Crippen LogP contribution in [0.25, 0.3) is 0 Å². The zero-order valence-corrected chi connectivity index (χ0v) is 17.8. The maximum atomic E-state index is 12.8. The van der Waals surface area contributed by atoms with Crippen LogP contribution in [0.3, 0.4) is 0 Å². The molecule has 1 aromatic carbocycles. The Morgan fingerprint density at radius 1 is 1.19 bits per heavy atom. The third kappa shape index (κ3) is 6.79. The number of imidazole rings is 2. The topological polar surface area (TPSA) is 141 Å². The van der Waals surface area contributed by atoms with E-state index in [1.54, 1.807) is 12.5 Å². The van der Waals surface area contributed by atoms with Crippen molar-refractivity contribution in [1.82, 2.24) is 24.4 Å². The molecule has 4 rings (SSSR count). The van der Waals surface area contributed by atoms with Crippen LogP contribution in [0, 0.1) is 6.92 Å². The van der Waals surface area contributed by atoms with Gasteiger partial charge < -0.3 is 24.7 Å². The molecule has 32 heavy (non-hydrogen) atoms. The number of aromatic amines is 1. The molecule has 0 radical (unpaired) electrons. The van der Waals surface area contributed by atoms with Crippen molar-refractivity contribution in [3.05, 3.63) is 71.8 Å². The predicted molar refractivity (Wildman–Crippen MR) is 116 cm³/mol. The number of hydrogen-bond acceptors (Lipinski definition) is 5. The van der Waals surface area contributed by atoms with E-state index < -0.39 is 0 Å². The number of aromatic nitrogens is 4. The summed E-state index contributed by atoms with van der Waals surface area (Å²) in [5.74, 6) is 1.24. The Labute approximate surface area is 185 Å².